The van der Waals surface area contributed by atoms with Crippen LogP contribution in [0.25, 0.3) is 0 Å². The van der Waals surface area contributed by atoms with Crippen LogP contribution in [0.4, 0.5) is 0 Å². The molecule has 1 saturated carbocycles. The Hall–Kier alpha value is -0.550. The number of thioether (sulfide) groups is 1. The van der Waals surface area contributed by atoms with Crippen LogP contribution >= 0.6 is 11.8 Å². The van der Waals surface area contributed by atoms with Crippen LogP contribution in [-0.2, 0) is 5.75 Å². The number of hydrogen-bond acceptors (Lipinski definition) is 5. The van der Waals surface area contributed by atoms with E-state index in [4.69, 9.17) is 4.52 Å². The van der Waals surface area contributed by atoms with E-state index in [0.29, 0.717) is 17.2 Å². The quantitative estimate of drug-likeness (QED) is 0.782. The van der Waals surface area contributed by atoms with Crippen molar-refractivity contribution in [2.75, 3.05) is 6.54 Å². The van der Waals surface area contributed by atoms with Crippen molar-refractivity contribution in [1.82, 2.24) is 15.5 Å². The van der Waals surface area contributed by atoms with E-state index in [2.05, 4.69) is 36.2 Å². The zero-order valence-electron chi connectivity index (χ0n) is 13.6. The lowest BCUT2D eigenvalue weighted by Gasteiger charge is -2.29. The Bertz CT molecular complexity index is 410. The number of nitrogens with zero attached hydrogens (tertiary/aromatic N) is 2. The van der Waals surface area contributed by atoms with Crippen LogP contribution in [0.3, 0.4) is 0 Å². The highest BCUT2D eigenvalue weighted by atomic mass is 32.2. The zero-order valence-corrected chi connectivity index (χ0v) is 14.4. The predicted octanol–water partition coefficient (Wildman–Crippen LogP) is 4.13. The van der Waals surface area contributed by atoms with Crippen LogP contribution in [0.15, 0.2) is 4.52 Å². The summed E-state index contributed by atoms with van der Waals surface area (Å²) in [6.45, 7) is 7.75. The molecule has 0 radical (unpaired) electrons. The highest BCUT2D eigenvalue weighted by Gasteiger charge is 2.30. The summed E-state index contributed by atoms with van der Waals surface area (Å²) in [5, 5.41) is 8.49. The van der Waals surface area contributed by atoms with Gasteiger partial charge < -0.3 is 9.84 Å². The molecule has 0 saturated heterocycles. The maximum Gasteiger partial charge on any atom is 0.231 e. The van der Waals surface area contributed by atoms with Crippen molar-refractivity contribution in [2.45, 2.75) is 82.3 Å². The predicted molar refractivity (Wildman–Crippen MR) is 88.6 cm³/mol. The summed E-state index contributed by atoms with van der Waals surface area (Å²) in [5.74, 6) is 2.97. The molecule has 1 aromatic heterocycles. The van der Waals surface area contributed by atoms with Crippen LogP contribution in [-0.4, -0.2) is 28.0 Å². The van der Waals surface area contributed by atoms with Crippen LogP contribution in [0.2, 0.25) is 0 Å². The van der Waals surface area contributed by atoms with Crippen LogP contribution in [0.1, 0.15) is 76.9 Å². The minimum Gasteiger partial charge on any atom is -0.339 e. The lowest BCUT2D eigenvalue weighted by atomic mass is 9.84. The van der Waals surface area contributed by atoms with Gasteiger partial charge in [0.1, 0.15) is 0 Å². The van der Waals surface area contributed by atoms with Crippen LogP contribution in [0, 0.1) is 0 Å². The SMILES string of the molecule is CCCNC1CCCCC1c1nc(CSC(C)CC)no1. The monoisotopic (exact) mass is 311 g/mol. The smallest absolute Gasteiger partial charge is 0.231 e. The Balaban J connectivity index is 1.94. The van der Waals surface area contributed by atoms with Gasteiger partial charge in [0.25, 0.3) is 0 Å². The third-order valence-electron chi connectivity index (χ3n) is 4.30. The van der Waals surface area contributed by atoms with Crippen molar-refractivity contribution in [3.63, 3.8) is 0 Å². The minimum atomic E-state index is 0.403. The molecule has 5 heteroatoms. The minimum absolute atomic E-state index is 0.403. The van der Waals surface area contributed by atoms with Gasteiger partial charge in [0.2, 0.25) is 5.89 Å². The molecule has 0 aliphatic heterocycles. The van der Waals surface area contributed by atoms with E-state index in [0.717, 1.165) is 24.0 Å². The molecule has 0 aromatic carbocycles. The molecule has 0 bridgehead atoms. The average molecular weight is 311 g/mol. The molecule has 3 atom stereocenters. The molecule has 3 unspecified atom stereocenters. The molecule has 1 aliphatic rings. The Morgan fingerprint density at radius 3 is 2.90 bits per heavy atom. The van der Waals surface area contributed by atoms with E-state index < -0.39 is 0 Å². The fourth-order valence-corrected chi connectivity index (χ4v) is 3.60. The molecule has 1 aromatic rings. The molecular formula is C16H29N3OS. The highest BCUT2D eigenvalue weighted by Crippen LogP contribution is 2.32. The maximum atomic E-state index is 5.57. The number of nitrogens with one attached hydrogen (secondary N) is 1. The first-order chi connectivity index (χ1) is 10.2. The molecular weight excluding hydrogens is 282 g/mol. The first kappa shape index (κ1) is 16.8. The Morgan fingerprint density at radius 1 is 1.33 bits per heavy atom. The van der Waals surface area contributed by atoms with E-state index in [1.165, 1.54) is 38.5 Å². The van der Waals surface area contributed by atoms with Crippen molar-refractivity contribution in [3.8, 4) is 0 Å². The van der Waals surface area contributed by atoms with Gasteiger partial charge in [-0.15, -0.1) is 0 Å². The molecule has 1 N–H and O–H groups in total. The fourth-order valence-electron chi connectivity index (χ4n) is 2.81. The van der Waals surface area contributed by atoms with Crippen molar-refractivity contribution in [1.29, 1.82) is 0 Å². The summed E-state index contributed by atoms with van der Waals surface area (Å²) in [4.78, 5) is 4.66. The third kappa shape index (κ3) is 4.99. The van der Waals surface area contributed by atoms with E-state index in [1.54, 1.807) is 0 Å². The number of aromatic nitrogens is 2. The largest absolute Gasteiger partial charge is 0.339 e. The van der Waals surface area contributed by atoms with Gasteiger partial charge >= 0.3 is 0 Å². The van der Waals surface area contributed by atoms with Crippen molar-refractivity contribution in [2.24, 2.45) is 0 Å². The van der Waals surface area contributed by atoms with Crippen LogP contribution in [0.5, 0.6) is 0 Å². The third-order valence-corrected chi connectivity index (χ3v) is 5.62. The molecule has 2 rings (SSSR count). The average Bonchev–Trinajstić information content (AvgIpc) is 2.99. The van der Waals surface area contributed by atoms with Gasteiger partial charge in [-0.05, 0) is 32.2 Å². The maximum absolute atomic E-state index is 5.57. The van der Waals surface area contributed by atoms with Crippen molar-refractivity contribution >= 4 is 11.8 Å². The molecule has 120 valence electrons. The van der Waals surface area contributed by atoms with Crippen molar-refractivity contribution < 1.29 is 4.52 Å². The Labute approximate surface area is 132 Å². The number of rotatable bonds is 8. The summed E-state index contributed by atoms with van der Waals surface area (Å²) >= 11 is 1.90. The van der Waals surface area contributed by atoms with Gasteiger partial charge in [0.05, 0.1) is 11.7 Å². The topological polar surface area (TPSA) is 51.0 Å². The second-order valence-corrected chi connectivity index (χ2v) is 7.46. The van der Waals surface area contributed by atoms with Gasteiger partial charge in [-0.3, -0.25) is 0 Å². The Kier molecular flexibility index (Phi) is 7.04. The first-order valence-electron chi connectivity index (χ1n) is 8.42. The van der Waals surface area contributed by atoms with E-state index >= 15 is 0 Å². The summed E-state index contributed by atoms with van der Waals surface area (Å²) in [6, 6.07) is 0.509. The molecule has 21 heavy (non-hydrogen) atoms. The molecule has 0 spiro atoms. The first-order valence-corrected chi connectivity index (χ1v) is 9.46. The molecule has 1 aliphatic carbocycles. The second kappa shape index (κ2) is 8.79. The van der Waals surface area contributed by atoms with Crippen molar-refractivity contribution in [3.05, 3.63) is 11.7 Å². The lowest BCUT2D eigenvalue weighted by molar-refractivity contribution is 0.262. The molecule has 0 amide bonds. The van der Waals surface area contributed by atoms with Gasteiger partial charge in [-0.2, -0.15) is 16.7 Å². The van der Waals surface area contributed by atoms with Gasteiger partial charge in [0, 0.05) is 11.3 Å². The molecule has 1 heterocycles. The van der Waals surface area contributed by atoms with Gasteiger partial charge in [-0.25, -0.2) is 0 Å². The molecule has 1 fully saturated rings. The van der Waals surface area contributed by atoms with Gasteiger partial charge in [0.15, 0.2) is 5.82 Å². The Morgan fingerprint density at radius 2 is 2.14 bits per heavy atom. The van der Waals surface area contributed by atoms with E-state index in [9.17, 15) is 0 Å². The summed E-state index contributed by atoms with van der Waals surface area (Å²) in [6.07, 6.45) is 7.33. The summed E-state index contributed by atoms with van der Waals surface area (Å²) in [5.41, 5.74) is 0. The van der Waals surface area contributed by atoms with Gasteiger partial charge in [-0.1, -0.05) is 38.8 Å². The fraction of sp³-hybridized carbons (Fsp3) is 0.875. The second-order valence-electron chi connectivity index (χ2n) is 6.03. The lowest BCUT2D eigenvalue weighted by Crippen LogP contribution is -2.37. The standard InChI is InChI=1S/C16H29N3OS/c1-4-10-17-14-9-7-6-8-13(14)16-18-15(19-20-16)11-21-12(3)5-2/h12-14,17H,4-11H2,1-3H3. The summed E-state index contributed by atoms with van der Waals surface area (Å²) in [7, 11) is 0. The van der Waals surface area contributed by atoms with E-state index in [1.807, 2.05) is 11.8 Å². The molecule has 4 nitrogen and oxygen atoms in total. The zero-order chi connectivity index (χ0) is 15.1. The highest BCUT2D eigenvalue weighted by molar-refractivity contribution is 7.99. The summed E-state index contributed by atoms with van der Waals surface area (Å²) < 4.78 is 5.57. The number of hydrogen-bond donors (Lipinski definition) is 1. The van der Waals surface area contributed by atoms with Crippen LogP contribution < -0.4 is 5.32 Å². The van der Waals surface area contributed by atoms with E-state index in [-0.39, 0.29) is 0 Å². The normalized spacial score (nSPS) is 24.1.